The van der Waals surface area contributed by atoms with Crippen molar-refractivity contribution in [3.05, 3.63) is 0 Å². The summed E-state index contributed by atoms with van der Waals surface area (Å²) < 4.78 is 0. The second-order valence-corrected chi connectivity index (χ2v) is 4.95. The lowest BCUT2D eigenvalue weighted by Crippen LogP contribution is -2.28. The summed E-state index contributed by atoms with van der Waals surface area (Å²) in [7, 11) is 0. The van der Waals surface area contributed by atoms with Gasteiger partial charge >= 0.3 is 0 Å². The molecule has 0 bridgehead atoms. The van der Waals surface area contributed by atoms with Crippen LogP contribution >= 0.6 is 0 Å². The molecule has 0 amide bonds. The van der Waals surface area contributed by atoms with Gasteiger partial charge in [-0.05, 0) is 44.1 Å². The van der Waals surface area contributed by atoms with E-state index in [2.05, 4.69) is 26.1 Å². The molecule has 0 aromatic carbocycles. The van der Waals surface area contributed by atoms with Crippen molar-refractivity contribution in [3.8, 4) is 0 Å². The third-order valence-electron chi connectivity index (χ3n) is 3.37. The Hall–Kier alpha value is -0.0400. The van der Waals surface area contributed by atoms with Crippen molar-refractivity contribution in [2.24, 2.45) is 5.41 Å². The van der Waals surface area contributed by atoms with E-state index in [-0.39, 0.29) is 0 Å². The quantitative estimate of drug-likeness (QED) is 0.689. The fourth-order valence-electron chi connectivity index (χ4n) is 2.67. The summed E-state index contributed by atoms with van der Waals surface area (Å²) in [5.41, 5.74) is 0.653. The van der Waals surface area contributed by atoms with E-state index < -0.39 is 0 Å². The van der Waals surface area contributed by atoms with Crippen LogP contribution in [0.25, 0.3) is 0 Å². The third-order valence-corrected chi connectivity index (χ3v) is 3.37. The monoisotopic (exact) mass is 183 g/mol. The van der Waals surface area contributed by atoms with E-state index in [0.717, 1.165) is 6.04 Å². The summed E-state index contributed by atoms with van der Waals surface area (Å²) >= 11 is 0. The van der Waals surface area contributed by atoms with Crippen LogP contribution in [-0.4, -0.2) is 12.6 Å². The predicted octanol–water partition coefficient (Wildman–Crippen LogP) is 3.34. The number of rotatable bonds is 5. The number of nitrogens with one attached hydrogen (secondary N) is 1. The average Bonchev–Trinajstić information content (AvgIpc) is 2.45. The van der Waals surface area contributed by atoms with Gasteiger partial charge in [-0.15, -0.1) is 0 Å². The van der Waals surface area contributed by atoms with Gasteiger partial charge in [0.15, 0.2) is 0 Å². The third kappa shape index (κ3) is 3.30. The van der Waals surface area contributed by atoms with Gasteiger partial charge in [0, 0.05) is 6.04 Å². The van der Waals surface area contributed by atoms with Crippen molar-refractivity contribution in [3.63, 3.8) is 0 Å². The molecule has 0 saturated heterocycles. The molecule has 1 heteroatoms. The topological polar surface area (TPSA) is 12.0 Å². The maximum Gasteiger partial charge on any atom is 0.00724 e. The zero-order valence-electron chi connectivity index (χ0n) is 9.53. The molecule has 1 rings (SSSR count). The normalized spacial score (nSPS) is 33.9. The number of hydrogen-bond acceptors (Lipinski definition) is 1. The first kappa shape index (κ1) is 11.0. The standard InChI is InChI=1S/C12H25N/c1-4-7-12(3)8-6-11(10-12)13-9-5-2/h11,13H,4-10H2,1-3H3. The lowest BCUT2D eigenvalue weighted by atomic mass is 9.84. The molecular weight excluding hydrogens is 158 g/mol. The highest BCUT2D eigenvalue weighted by Crippen LogP contribution is 2.41. The van der Waals surface area contributed by atoms with E-state index >= 15 is 0 Å². The molecule has 78 valence electrons. The highest BCUT2D eigenvalue weighted by Gasteiger charge is 2.33. The predicted molar refractivity (Wildman–Crippen MR) is 58.9 cm³/mol. The van der Waals surface area contributed by atoms with E-state index in [1.165, 1.54) is 45.1 Å². The highest BCUT2D eigenvalue weighted by atomic mass is 14.9. The Kier molecular flexibility index (Phi) is 4.24. The lowest BCUT2D eigenvalue weighted by molar-refractivity contribution is 0.295. The summed E-state index contributed by atoms with van der Waals surface area (Å²) in [6.07, 6.45) is 8.26. The smallest absolute Gasteiger partial charge is 0.00724 e. The SMILES string of the molecule is CCCNC1CCC(C)(CCC)C1. The van der Waals surface area contributed by atoms with Crippen molar-refractivity contribution in [1.29, 1.82) is 0 Å². The van der Waals surface area contributed by atoms with Crippen LogP contribution in [0.4, 0.5) is 0 Å². The summed E-state index contributed by atoms with van der Waals surface area (Å²) in [5.74, 6) is 0. The first-order valence-electron chi connectivity index (χ1n) is 5.93. The van der Waals surface area contributed by atoms with Crippen LogP contribution in [-0.2, 0) is 0 Å². The van der Waals surface area contributed by atoms with E-state index in [1.807, 2.05) is 0 Å². The van der Waals surface area contributed by atoms with Crippen molar-refractivity contribution in [2.75, 3.05) is 6.54 Å². The lowest BCUT2D eigenvalue weighted by Gasteiger charge is -2.23. The van der Waals surface area contributed by atoms with Gasteiger partial charge in [0.2, 0.25) is 0 Å². The van der Waals surface area contributed by atoms with E-state index in [0.29, 0.717) is 5.41 Å². The molecule has 0 spiro atoms. The number of hydrogen-bond donors (Lipinski definition) is 1. The maximum absolute atomic E-state index is 3.64. The Morgan fingerprint density at radius 1 is 1.31 bits per heavy atom. The van der Waals surface area contributed by atoms with Gasteiger partial charge in [0.1, 0.15) is 0 Å². The molecule has 1 saturated carbocycles. The molecular formula is C12H25N. The molecule has 0 aromatic rings. The Bertz CT molecular complexity index is 144. The van der Waals surface area contributed by atoms with Crippen LogP contribution < -0.4 is 5.32 Å². The van der Waals surface area contributed by atoms with Crippen LogP contribution in [0.1, 0.15) is 59.3 Å². The molecule has 1 aliphatic rings. The summed E-state index contributed by atoms with van der Waals surface area (Å²) in [4.78, 5) is 0. The van der Waals surface area contributed by atoms with Crippen LogP contribution in [0, 0.1) is 5.41 Å². The Balaban J connectivity index is 2.26. The van der Waals surface area contributed by atoms with E-state index in [9.17, 15) is 0 Å². The maximum atomic E-state index is 3.64. The van der Waals surface area contributed by atoms with Crippen LogP contribution in [0.2, 0.25) is 0 Å². The molecule has 1 N–H and O–H groups in total. The van der Waals surface area contributed by atoms with Crippen molar-refractivity contribution < 1.29 is 0 Å². The first-order chi connectivity index (χ1) is 6.20. The highest BCUT2D eigenvalue weighted by molar-refractivity contribution is 4.88. The molecule has 1 nitrogen and oxygen atoms in total. The minimum absolute atomic E-state index is 0.653. The minimum atomic E-state index is 0.653. The summed E-state index contributed by atoms with van der Waals surface area (Å²) in [5, 5.41) is 3.64. The zero-order chi connectivity index (χ0) is 9.73. The zero-order valence-corrected chi connectivity index (χ0v) is 9.53. The van der Waals surface area contributed by atoms with Crippen molar-refractivity contribution >= 4 is 0 Å². The van der Waals surface area contributed by atoms with Gasteiger partial charge in [0.05, 0.1) is 0 Å². The minimum Gasteiger partial charge on any atom is -0.314 e. The molecule has 0 heterocycles. The van der Waals surface area contributed by atoms with Crippen molar-refractivity contribution in [2.45, 2.75) is 65.3 Å². The molecule has 1 aliphatic carbocycles. The van der Waals surface area contributed by atoms with Gasteiger partial charge in [0.25, 0.3) is 0 Å². The molecule has 2 unspecified atom stereocenters. The van der Waals surface area contributed by atoms with E-state index in [1.54, 1.807) is 0 Å². The van der Waals surface area contributed by atoms with Crippen molar-refractivity contribution in [1.82, 2.24) is 5.32 Å². The van der Waals surface area contributed by atoms with Gasteiger partial charge < -0.3 is 5.32 Å². The van der Waals surface area contributed by atoms with Crippen LogP contribution in [0.5, 0.6) is 0 Å². The van der Waals surface area contributed by atoms with Gasteiger partial charge in [-0.3, -0.25) is 0 Å². The van der Waals surface area contributed by atoms with Gasteiger partial charge in [-0.1, -0.05) is 27.2 Å². The van der Waals surface area contributed by atoms with Crippen LogP contribution in [0.3, 0.4) is 0 Å². The molecule has 13 heavy (non-hydrogen) atoms. The van der Waals surface area contributed by atoms with Crippen LogP contribution in [0.15, 0.2) is 0 Å². The largest absolute Gasteiger partial charge is 0.314 e. The van der Waals surface area contributed by atoms with E-state index in [4.69, 9.17) is 0 Å². The first-order valence-corrected chi connectivity index (χ1v) is 5.93. The second kappa shape index (κ2) is 4.99. The summed E-state index contributed by atoms with van der Waals surface area (Å²) in [6, 6.07) is 0.816. The summed E-state index contributed by atoms with van der Waals surface area (Å²) in [6.45, 7) is 8.21. The second-order valence-electron chi connectivity index (χ2n) is 4.95. The molecule has 2 atom stereocenters. The Morgan fingerprint density at radius 2 is 2.08 bits per heavy atom. The Labute approximate surface area is 83.3 Å². The molecule has 1 fully saturated rings. The molecule has 0 aliphatic heterocycles. The fraction of sp³-hybridized carbons (Fsp3) is 1.00. The fourth-order valence-corrected chi connectivity index (χ4v) is 2.67. The average molecular weight is 183 g/mol. The molecule has 0 aromatic heterocycles. The van der Waals surface area contributed by atoms with Gasteiger partial charge in [-0.25, -0.2) is 0 Å². The molecule has 0 radical (unpaired) electrons. The van der Waals surface area contributed by atoms with Gasteiger partial charge in [-0.2, -0.15) is 0 Å². The Morgan fingerprint density at radius 3 is 2.69 bits per heavy atom.